The molecule has 0 saturated carbocycles. The molecule has 6 N–H and O–H groups in total. The number of benzene rings is 1. The minimum atomic E-state index is -3.95. The van der Waals surface area contributed by atoms with Crippen molar-refractivity contribution in [2.45, 2.75) is 44.6 Å². The van der Waals surface area contributed by atoms with E-state index in [0.29, 0.717) is 28.9 Å². The first-order valence-electron chi connectivity index (χ1n) is 9.52. The fourth-order valence-corrected chi connectivity index (χ4v) is 4.35. The van der Waals surface area contributed by atoms with E-state index in [4.69, 9.17) is 16.2 Å². The standard InChI is InChI=1S/C19H31N5O6S/c1-11-9-15(29-4)12(2)13(3)17(11)31(27,28)24-19(21)22-8-6-7-14(20)18(26)23-10-16(25)30-5/h9,14H,6-8,10,20H2,1-5H3,(H,23,26)(H3,21,22,24)/t14-/m0/s1. The first-order chi connectivity index (χ1) is 14.4. The van der Waals surface area contributed by atoms with Gasteiger partial charge in [-0.3, -0.25) is 14.6 Å². The van der Waals surface area contributed by atoms with Gasteiger partial charge in [-0.25, -0.2) is 13.1 Å². The number of amides is 1. The molecule has 0 saturated heterocycles. The number of nitrogens with zero attached hydrogens (tertiary/aromatic N) is 1. The van der Waals surface area contributed by atoms with Gasteiger partial charge in [0, 0.05) is 6.54 Å². The number of esters is 1. The van der Waals surface area contributed by atoms with Gasteiger partial charge in [-0.1, -0.05) is 0 Å². The molecule has 0 bridgehead atoms. The van der Waals surface area contributed by atoms with E-state index < -0.39 is 27.9 Å². The topological polar surface area (TPSA) is 175 Å². The monoisotopic (exact) mass is 457 g/mol. The highest BCUT2D eigenvalue weighted by Crippen LogP contribution is 2.30. The van der Waals surface area contributed by atoms with Crippen molar-refractivity contribution in [2.75, 3.05) is 27.3 Å². The molecular formula is C19H31N5O6S. The summed E-state index contributed by atoms with van der Waals surface area (Å²) in [6.07, 6.45) is 0.654. The van der Waals surface area contributed by atoms with Gasteiger partial charge in [-0.2, -0.15) is 0 Å². The Balaban J connectivity index is 2.69. The summed E-state index contributed by atoms with van der Waals surface area (Å²) >= 11 is 0. The molecule has 1 atom stereocenters. The first-order valence-corrected chi connectivity index (χ1v) is 11.0. The van der Waals surface area contributed by atoms with Crippen molar-refractivity contribution in [1.82, 2.24) is 10.0 Å². The number of aliphatic imine (C=N–C) groups is 1. The van der Waals surface area contributed by atoms with Crippen molar-refractivity contribution in [3.8, 4) is 5.75 Å². The molecule has 0 radical (unpaired) electrons. The lowest BCUT2D eigenvalue weighted by atomic mass is 10.1. The summed E-state index contributed by atoms with van der Waals surface area (Å²) in [5.74, 6) is -0.745. The van der Waals surface area contributed by atoms with Crippen LogP contribution in [0.3, 0.4) is 0 Å². The van der Waals surface area contributed by atoms with Crippen molar-refractivity contribution < 1.29 is 27.5 Å². The minimum Gasteiger partial charge on any atom is -0.496 e. The lowest BCUT2D eigenvalue weighted by Crippen LogP contribution is -2.42. The van der Waals surface area contributed by atoms with E-state index >= 15 is 0 Å². The Bertz CT molecular complexity index is 946. The maximum absolute atomic E-state index is 12.8. The van der Waals surface area contributed by atoms with Crippen LogP contribution in [0.2, 0.25) is 0 Å². The van der Waals surface area contributed by atoms with Gasteiger partial charge in [0.1, 0.15) is 12.3 Å². The molecule has 0 heterocycles. The highest BCUT2D eigenvalue weighted by Gasteiger charge is 2.23. The molecule has 0 aliphatic rings. The minimum absolute atomic E-state index is 0.119. The van der Waals surface area contributed by atoms with Crippen LogP contribution in [0.4, 0.5) is 0 Å². The van der Waals surface area contributed by atoms with Gasteiger partial charge in [-0.15, -0.1) is 0 Å². The zero-order valence-corrected chi connectivity index (χ0v) is 19.3. The molecule has 1 aromatic rings. The Morgan fingerprint density at radius 2 is 1.84 bits per heavy atom. The molecule has 1 rings (SSSR count). The van der Waals surface area contributed by atoms with Gasteiger partial charge in [0.15, 0.2) is 0 Å². The van der Waals surface area contributed by atoms with Gasteiger partial charge >= 0.3 is 5.97 Å². The summed E-state index contributed by atoms with van der Waals surface area (Å²) in [7, 11) is -1.21. The molecule has 0 aliphatic carbocycles. The summed E-state index contributed by atoms with van der Waals surface area (Å²) in [6.45, 7) is 5.03. The third-order valence-corrected chi connectivity index (χ3v) is 6.28. The van der Waals surface area contributed by atoms with Gasteiger partial charge in [0.2, 0.25) is 11.9 Å². The maximum Gasteiger partial charge on any atom is 0.325 e. The molecule has 11 nitrogen and oxygen atoms in total. The Morgan fingerprint density at radius 3 is 2.42 bits per heavy atom. The number of hydrogen-bond acceptors (Lipinski definition) is 8. The van der Waals surface area contributed by atoms with E-state index in [2.05, 4.69) is 19.8 Å². The number of guanidine groups is 1. The van der Waals surface area contributed by atoms with E-state index in [0.717, 1.165) is 0 Å². The zero-order chi connectivity index (χ0) is 23.8. The SMILES string of the molecule is COC(=O)CNC(=O)[C@@H](N)CCCN=C(N)NS(=O)(=O)c1c(C)cc(OC)c(C)c1C. The van der Waals surface area contributed by atoms with Gasteiger partial charge < -0.3 is 26.3 Å². The Morgan fingerprint density at radius 1 is 1.19 bits per heavy atom. The van der Waals surface area contributed by atoms with E-state index in [-0.39, 0.29) is 30.4 Å². The molecular weight excluding hydrogens is 426 g/mol. The van der Waals surface area contributed by atoms with E-state index in [9.17, 15) is 18.0 Å². The van der Waals surface area contributed by atoms with Crippen molar-refractivity contribution in [1.29, 1.82) is 0 Å². The number of methoxy groups -OCH3 is 2. The number of aryl methyl sites for hydroxylation is 1. The number of hydrogen-bond donors (Lipinski definition) is 4. The van der Waals surface area contributed by atoms with Crippen LogP contribution in [-0.4, -0.2) is 59.6 Å². The number of carbonyl (C=O) groups excluding carboxylic acids is 2. The molecule has 12 heteroatoms. The first kappa shape index (κ1) is 26.2. The van der Waals surface area contributed by atoms with E-state index in [1.807, 2.05) is 0 Å². The second-order valence-electron chi connectivity index (χ2n) is 6.89. The van der Waals surface area contributed by atoms with Gasteiger partial charge in [0.05, 0.1) is 25.2 Å². The van der Waals surface area contributed by atoms with E-state index in [1.54, 1.807) is 26.8 Å². The number of nitrogens with two attached hydrogens (primary N) is 2. The second kappa shape index (κ2) is 11.5. The molecule has 1 amide bonds. The van der Waals surface area contributed by atoms with Crippen molar-refractivity contribution >= 4 is 27.9 Å². The quantitative estimate of drug-likeness (QED) is 0.159. The second-order valence-corrected chi connectivity index (χ2v) is 8.51. The summed E-state index contributed by atoms with van der Waals surface area (Å²) in [4.78, 5) is 26.9. The predicted molar refractivity (Wildman–Crippen MR) is 116 cm³/mol. The maximum atomic E-state index is 12.8. The molecule has 174 valence electrons. The highest BCUT2D eigenvalue weighted by atomic mass is 32.2. The van der Waals surface area contributed by atoms with E-state index in [1.165, 1.54) is 14.2 Å². The molecule has 31 heavy (non-hydrogen) atoms. The van der Waals surface area contributed by atoms with Crippen LogP contribution >= 0.6 is 0 Å². The zero-order valence-electron chi connectivity index (χ0n) is 18.4. The lowest BCUT2D eigenvalue weighted by Gasteiger charge is -2.17. The predicted octanol–water partition coefficient (Wildman–Crippen LogP) is -0.390. The molecule has 1 aromatic carbocycles. The molecule has 0 spiro atoms. The van der Waals surface area contributed by atoms with Crippen LogP contribution in [0.15, 0.2) is 16.0 Å². The molecule has 0 aliphatic heterocycles. The number of nitrogens with one attached hydrogen (secondary N) is 2. The Hall–Kier alpha value is -2.86. The highest BCUT2D eigenvalue weighted by molar-refractivity contribution is 7.90. The summed E-state index contributed by atoms with van der Waals surface area (Å²) in [6, 6.07) is 0.807. The number of rotatable bonds is 10. The summed E-state index contributed by atoms with van der Waals surface area (Å²) in [5, 5.41) is 2.36. The summed E-state index contributed by atoms with van der Waals surface area (Å²) in [5.41, 5.74) is 13.3. The lowest BCUT2D eigenvalue weighted by molar-refractivity contribution is -0.141. The molecule has 0 fully saturated rings. The third kappa shape index (κ3) is 7.40. The fraction of sp³-hybridized carbons (Fsp3) is 0.526. The average Bonchev–Trinajstić information content (AvgIpc) is 2.70. The number of ether oxygens (including phenoxy) is 2. The van der Waals surface area contributed by atoms with Crippen molar-refractivity contribution in [3.63, 3.8) is 0 Å². The largest absolute Gasteiger partial charge is 0.496 e. The van der Waals surface area contributed by atoms with Crippen LogP contribution in [0.1, 0.15) is 29.5 Å². The van der Waals surface area contributed by atoms with Gasteiger partial charge in [-0.05, 0) is 56.4 Å². The van der Waals surface area contributed by atoms with Crippen LogP contribution < -0.4 is 26.2 Å². The normalized spacial score (nSPS) is 12.8. The van der Waals surface area contributed by atoms with Gasteiger partial charge in [0.25, 0.3) is 10.0 Å². The van der Waals surface area contributed by atoms with Crippen LogP contribution in [0.5, 0.6) is 5.75 Å². The Kier molecular flexibility index (Phi) is 9.72. The van der Waals surface area contributed by atoms with Crippen LogP contribution in [0.25, 0.3) is 0 Å². The fourth-order valence-electron chi connectivity index (χ4n) is 2.87. The third-order valence-electron chi connectivity index (χ3n) is 4.63. The molecule has 0 aromatic heterocycles. The van der Waals surface area contributed by atoms with Crippen LogP contribution in [0, 0.1) is 20.8 Å². The summed E-state index contributed by atoms with van der Waals surface area (Å²) < 4.78 is 37.5. The van der Waals surface area contributed by atoms with Crippen molar-refractivity contribution in [3.05, 3.63) is 22.8 Å². The Labute approximate surface area is 182 Å². The van der Waals surface area contributed by atoms with Crippen LogP contribution in [-0.2, 0) is 24.3 Å². The smallest absolute Gasteiger partial charge is 0.325 e. The molecule has 0 unspecified atom stereocenters. The average molecular weight is 458 g/mol. The van der Waals surface area contributed by atoms with Crippen molar-refractivity contribution in [2.24, 2.45) is 16.5 Å². The number of sulfonamides is 1. The number of carbonyl (C=O) groups is 2.